The van der Waals surface area contributed by atoms with E-state index in [0.29, 0.717) is 0 Å². The highest BCUT2D eigenvalue weighted by atomic mass is 79.9. The average Bonchev–Trinajstić information content (AvgIpc) is 2.48. The van der Waals surface area contributed by atoms with Crippen molar-refractivity contribution in [3.8, 4) is 0 Å². The molecule has 3 aromatic rings. The monoisotopic (exact) mass is 328 g/mol. The summed E-state index contributed by atoms with van der Waals surface area (Å²) in [7, 11) is 0. The second-order valence-electron chi connectivity index (χ2n) is 4.35. The van der Waals surface area contributed by atoms with Gasteiger partial charge in [-0.15, -0.1) is 0 Å². The van der Waals surface area contributed by atoms with E-state index in [1.165, 1.54) is 26.1 Å². The van der Waals surface area contributed by atoms with Gasteiger partial charge in [-0.25, -0.2) is 0 Å². The first kappa shape index (κ1) is 12.8. The van der Waals surface area contributed by atoms with Crippen LogP contribution in [-0.4, -0.2) is 0 Å². The fraction of sp³-hybridized carbons (Fsp3) is 0.0588. The second kappa shape index (κ2) is 5.81. The van der Waals surface area contributed by atoms with Crippen LogP contribution in [0.2, 0.25) is 0 Å². The lowest BCUT2D eigenvalue weighted by atomic mass is 10.1. The summed E-state index contributed by atoms with van der Waals surface area (Å²) in [5.74, 6) is 0. The van der Waals surface area contributed by atoms with Crippen molar-refractivity contribution in [3.63, 3.8) is 0 Å². The van der Waals surface area contributed by atoms with Gasteiger partial charge in [-0.1, -0.05) is 76.2 Å². The van der Waals surface area contributed by atoms with E-state index in [0.717, 1.165) is 5.33 Å². The fourth-order valence-electron chi connectivity index (χ4n) is 2.07. The molecule has 19 heavy (non-hydrogen) atoms. The van der Waals surface area contributed by atoms with Crippen LogP contribution in [0.4, 0.5) is 0 Å². The summed E-state index contributed by atoms with van der Waals surface area (Å²) in [6, 6.07) is 23.6. The second-order valence-corrected chi connectivity index (χ2v) is 6.03. The van der Waals surface area contributed by atoms with E-state index in [2.05, 4.69) is 82.7 Å². The molecule has 0 heterocycles. The van der Waals surface area contributed by atoms with Crippen LogP contribution in [0.5, 0.6) is 0 Å². The summed E-state index contributed by atoms with van der Waals surface area (Å²) in [6.45, 7) is 0. The van der Waals surface area contributed by atoms with Gasteiger partial charge in [0, 0.05) is 15.1 Å². The van der Waals surface area contributed by atoms with E-state index in [4.69, 9.17) is 0 Å². The van der Waals surface area contributed by atoms with E-state index in [9.17, 15) is 0 Å². The Labute approximate surface area is 126 Å². The van der Waals surface area contributed by atoms with Gasteiger partial charge >= 0.3 is 0 Å². The smallest absolute Gasteiger partial charge is 0.0294 e. The van der Waals surface area contributed by atoms with Crippen molar-refractivity contribution in [2.24, 2.45) is 0 Å². The molecule has 94 valence electrons. The summed E-state index contributed by atoms with van der Waals surface area (Å²) in [5.41, 5.74) is 1.33. The topological polar surface area (TPSA) is 0 Å². The van der Waals surface area contributed by atoms with Crippen LogP contribution in [0, 0.1) is 0 Å². The van der Waals surface area contributed by atoms with Gasteiger partial charge < -0.3 is 0 Å². The standard InChI is InChI=1S/C17H13BrS/c18-12-15-7-3-4-8-17(15)19-16-10-9-13-5-1-2-6-14(13)11-16/h1-11H,12H2. The highest BCUT2D eigenvalue weighted by Crippen LogP contribution is 2.33. The lowest BCUT2D eigenvalue weighted by molar-refractivity contribution is 1.27. The zero-order valence-corrected chi connectivity index (χ0v) is 12.7. The van der Waals surface area contributed by atoms with Gasteiger partial charge in [-0.3, -0.25) is 0 Å². The van der Waals surface area contributed by atoms with Gasteiger partial charge in [0.25, 0.3) is 0 Å². The zero-order valence-electron chi connectivity index (χ0n) is 10.3. The minimum atomic E-state index is 0.893. The normalized spacial score (nSPS) is 10.8. The number of alkyl halides is 1. The summed E-state index contributed by atoms with van der Waals surface area (Å²) in [4.78, 5) is 2.60. The Morgan fingerprint density at radius 1 is 0.789 bits per heavy atom. The van der Waals surface area contributed by atoms with Gasteiger partial charge in [-0.05, 0) is 34.5 Å². The Balaban J connectivity index is 1.96. The summed E-state index contributed by atoms with van der Waals surface area (Å²) < 4.78 is 0. The van der Waals surface area contributed by atoms with Crippen molar-refractivity contribution in [2.45, 2.75) is 15.1 Å². The Hall–Kier alpha value is -1.25. The summed E-state index contributed by atoms with van der Waals surface area (Å²) in [5, 5.41) is 3.48. The Morgan fingerprint density at radius 2 is 1.53 bits per heavy atom. The minimum absolute atomic E-state index is 0.893. The molecule has 0 aliphatic carbocycles. The van der Waals surface area contributed by atoms with Crippen LogP contribution in [0.1, 0.15) is 5.56 Å². The first-order chi connectivity index (χ1) is 9.36. The minimum Gasteiger partial charge on any atom is -0.0898 e. The van der Waals surface area contributed by atoms with E-state index < -0.39 is 0 Å². The van der Waals surface area contributed by atoms with Gasteiger partial charge in [0.15, 0.2) is 0 Å². The molecule has 0 spiro atoms. The molecule has 0 bridgehead atoms. The third kappa shape index (κ3) is 2.85. The predicted molar refractivity (Wildman–Crippen MR) is 87.1 cm³/mol. The van der Waals surface area contributed by atoms with Crippen molar-refractivity contribution in [1.29, 1.82) is 0 Å². The molecule has 0 aliphatic heterocycles. The van der Waals surface area contributed by atoms with Gasteiger partial charge in [-0.2, -0.15) is 0 Å². The van der Waals surface area contributed by atoms with Crippen molar-refractivity contribution in [2.75, 3.05) is 0 Å². The highest BCUT2D eigenvalue weighted by Gasteiger charge is 2.03. The van der Waals surface area contributed by atoms with Crippen LogP contribution >= 0.6 is 27.7 Å². The number of benzene rings is 3. The fourth-order valence-corrected chi connectivity index (χ4v) is 3.74. The van der Waals surface area contributed by atoms with E-state index in [-0.39, 0.29) is 0 Å². The molecule has 0 atom stereocenters. The van der Waals surface area contributed by atoms with E-state index >= 15 is 0 Å². The molecule has 0 fully saturated rings. The maximum absolute atomic E-state index is 3.55. The molecular formula is C17H13BrS. The van der Waals surface area contributed by atoms with Crippen LogP contribution in [-0.2, 0) is 5.33 Å². The Kier molecular flexibility index (Phi) is 3.90. The summed E-state index contributed by atoms with van der Waals surface area (Å²) >= 11 is 5.37. The Morgan fingerprint density at radius 3 is 2.37 bits per heavy atom. The molecule has 0 N–H and O–H groups in total. The molecule has 0 radical (unpaired) electrons. The zero-order chi connectivity index (χ0) is 13.1. The molecule has 0 aromatic heterocycles. The number of rotatable bonds is 3. The molecule has 0 nitrogen and oxygen atoms in total. The Bertz CT molecular complexity index is 706. The van der Waals surface area contributed by atoms with Gasteiger partial charge in [0.1, 0.15) is 0 Å². The first-order valence-corrected chi connectivity index (χ1v) is 8.11. The van der Waals surface area contributed by atoms with Crippen molar-refractivity contribution < 1.29 is 0 Å². The number of halogens is 1. The predicted octanol–water partition coefficient (Wildman–Crippen LogP) is 5.89. The molecule has 0 saturated heterocycles. The largest absolute Gasteiger partial charge is 0.0898 e. The van der Waals surface area contributed by atoms with Crippen molar-refractivity contribution >= 4 is 38.5 Å². The lowest BCUT2D eigenvalue weighted by Gasteiger charge is -2.07. The average molecular weight is 329 g/mol. The quantitative estimate of drug-likeness (QED) is 0.540. The van der Waals surface area contributed by atoms with Crippen LogP contribution < -0.4 is 0 Å². The van der Waals surface area contributed by atoms with Crippen molar-refractivity contribution in [3.05, 3.63) is 72.3 Å². The van der Waals surface area contributed by atoms with Crippen LogP contribution in [0.25, 0.3) is 10.8 Å². The molecule has 0 amide bonds. The van der Waals surface area contributed by atoms with Crippen LogP contribution in [0.15, 0.2) is 76.5 Å². The highest BCUT2D eigenvalue weighted by molar-refractivity contribution is 9.08. The van der Waals surface area contributed by atoms with E-state index in [1.807, 2.05) is 11.8 Å². The maximum atomic E-state index is 3.55. The van der Waals surface area contributed by atoms with Crippen LogP contribution in [0.3, 0.4) is 0 Å². The third-order valence-electron chi connectivity index (χ3n) is 3.07. The molecular weight excluding hydrogens is 316 g/mol. The number of fused-ring (bicyclic) bond motifs is 1. The number of hydrogen-bond acceptors (Lipinski definition) is 1. The molecule has 3 aromatic carbocycles. The molecule has 0 unspecified atom stereocenters. The molecule has 0 saturated carbocycles. The van der Waals surface area contributed by atoms with Gasteiger partial charge in [0.05, 0.1) is 0 Å². The molecule has 2 heteroatoms. The first-order valence-electron chi connectivity index (χ1n) is 6.17. The SMILES string of the molecule is BrCc1ccccc1Sc1ccc2ccccc2c1. The van der Waals surface area contributed by atoms with E-state index in [1.54, 1.807) is 0 Å². The third-order valence-corrected chi connectivity index (χ3v) is 4.78. The molecule has 0 aliphatic rings. The lowest BCUT2D eigenvalue weighted by Crippen LogP contribution is -1.82. The van der Waals surface area contributed by atoms with Gasteiger partial charge in [0.2, 0.25) is 0 Å². The maximum Gasteiger partial charge on any atom is 0.0294 e. The van der Waals surface area contributed by atoms with Crippen molar-refractivity contribution in [1.82, 2.24) is 0 Å². The molecule has 3 rings (SSSR count). The number of hydrogen-bond donors (Lipinski definition) is 0. The summed E-state index contributed by atoms with van der Waals surface area (Å²) in [6.07, 6.45) is 0.